The molecule has 3 aromatic rings. The van der Waals surface area contributed by atoms with Gasteiger partial charge in [-0.25, -0.2) is 13.2 Å². The van der Waals surface area contributed by atoms with Crippen molar-refractivity contribution in [1.82, 2.24) is 0 Å². The van der Waals surface area contributed by atoms with Crippen LogP contribution in [0, 0.1) is 23.4 Å². The first-order valence-corrected chi connectivity index (χ1v) is 12.8. The second kappa shape index (κ2) is 12.3. The fourth-order valence-corrected chi connectivity index (χ4v) is 4.97. The molecular weight excluding hydrogens is 473 g/mol. The highest BCUT2D eigenvalue weighted by Crippen LogP contribution is 2.39. The minimum Gasteiger partial charge on any atom is -0.493 e. The Morgan fingerprint density at radius 2 is 1.68 bits per heavy atom. The number of ether oxygens (including phenoxy) is 1. The quantitative estimate of drug-likeness (QED) is 0.179. The molecular formula is C32H33F3O2. The molecule has 0 amide bonds. The number of hydrogen-bond acceptors (Lipinski definition) is 2. The Labute approximate surface area is 217 Å². The van der Waals surface area contributed by atoms with Gasteiger partial charge in [0.25, 0.3) is 0 Å². The molecule has 1 aliphatic rings. The predicted octanol–water partition coefficient (Wildman–Crippen LogP) is 8.55. The van der Waals surface area contributed by atoms with E-state index in [9.17, 15) is 9.50 Å². The summed E-state index contributed by atoms with van der Waals surface area (Å²) in [6, 6.07) is 15.1. The van der Waals surface area contributed by atoms with Gasteiger partial charge >= 0.3 is 0 Å². The summed E-state index contributed by atoms with van der Waals surface area (Å²) >= 11 is 0. The van der Waals surface area contributed by atoms with E-state index in [0.29, 0.717) is 35.5 Å². The van der Waals surface area contributed by atoms with Crippen LogP contribution in [0.5, 0.6) is 5.75 Å². The van der Waals surface area contributed by atoms with Crippen LogP contribution in [0.3, 0.4) is 0 Å². The third-order valence-electron chi connectivity index (χ3n) is 7.25. The van der Waals surface area contributed by atoms with Crippen LogP contribution in [0.15, 0.2) is 67.3 Å². The van der Waals surface area contributed by atoms with Gasteiger partial charge in [0.15, 0.2) is 11.6 Å². The SMILES string of the molecule is C=CCCOc1ccc(/C=C/c2ccc(-c3ccc(C4CCC(C(C)O)CC4)c(F)c3F)cc2)c(F)c1. The van der Waals surface area contributed by atoms with Crippen molar-refractivity contribution in [3.63, 3.8) is 0 Å². The Bertz CT molecular complexity index is 1240. The van der Waals surface area contributed by atoms with Crippen molar-refractivity contribution in [2.45, 2.75) is 51.0 Å². The summed E-state index contributed by atoms with van der Waals surface area (Å²) in [5.41, 5.74) is 2.44. The molecule has 1 N–H and O–H groups in total. The van der Waals surface area contributed by atoms with Crippen molar-refractivity contribution in [1.29, 1.82) is 0 Å². The first kappa shape index (κ1) is 26.7. The number of rotatable bonds is 9. The van der Waals surface area contributed by atoms with E-state index in [2.05, 4.69) is 6.58 Å². The summed E-state index contributed by atoms with van der Waals surface area (Å²) in [4.78, 5) is 0. The lowest BCUT2D eigenvalue weighted by molar-refractivity contribution is 0.0964. The Hall–Kier alpha value is -3.31. The summed E-state index contributed by atoms with van der Waals surface area (Å²) < 4.78 is 50.0. The molecule has 0 bridgehead atoms. The molecule has 5 heteroatoms. The largest absolute Gasteiger partial charge is 0.493 e. The maximum Gasteiger partial charge on any atom is 0.166 e. The average molecular weight is 507 g/mol. The molecule has 1 atom stereocenters. The van der Waals surface area contributed by atoms with Crippen LogP contribution in [0.25, 0.3) is 23.3 Å². The number of aliphatic hydroxyl groups excluding tert-OH is 1. The van der Waals surface area contributed by atoms with Crippen molar-refractivity contribution in [3.8, 4) is 16.9 Å². The van der Waals surface area contributed by atoms with Crippen LogP contribution in [0.2, 0.25) is 0 Å². The molecule has 1 fully saturated rings. The zero-order valence-electron chi connectivity index (χ0n) is 21.1. The third-order valence-corrected chi connectivity index (χ3v) is 7.25. The van der Waals surface area contributed by atoms with E-state index in [1.807, 2.05) is 0 Å². The van der Waals surface area contributed by atoms with Gasteiger partial charge in [-0.1, -0.05) is 54.6 Å². The molecule has 0 radical (unpaired) electrons. The van der Waals surface area contributed by atoms with E-state index >= 15 is 8.78 Å². The van der Waals surface area contributed by atoms with Gasteiger partial charge in [0.05, 0.1) is 12.7 Å². The fourth-order valence-electron chi connectivity index (χ4n) is 4.97. The second-order valence-corrected chi connectivity index (χ2v) is 9.75. The zero-order valence-corrected chi connectivity index (χ0v) is 21.1. The highest BCUT2D eigenvalue weighted by atomic mass is 19.2. The lowest BCUT2D eigenvalue weighted by Gasteiger charge is -2.30. The van der Waals surface area contributed by atoms with Crippen LogP contribution in [0.1, 0.15) is 61.6 Å². The molecule has 0 saturated heterocycles. The number of benzene rings is 3. The molecule has 1 unspecified atom stereocenters. The van der Waals surface area contributed by atoms with E-state index in [4.69, 9.17) is 4.74 Å². The maximum atomic E-state index is 15.1. The van der Waals surface area contributed by atoms with Crippen molar-refractivity contribution in [2.24, 2.45) is 5.92 Å². The molecule has 0 heterocycles. The second-order valence-electron chi connectivity index (χ2n) is 9.75. The molecule has 4 rings (SSSR count). The van der Waals surface area contributed by atoms with Gasteiger partial charge in [-0.2, -0.15) is 0 Å². The molecule has 194 valence electrons. The summed E-state index contributed by atoms with van der Waals surface area (Å²) in [6.45, 7) is 5.87. The van der Waals surface area contributed by atoms with Crippen molar-refractivity contribution in [3.05, 3.63) is 101 Å². The van der Waals surface area contributed by atoms with Gasteiger partial charge in [-0.05, 0) is 79.7 Å². The van der Waals surface area contributed by atoms with Crippen LogP contribution < -0.4 is 4.74 Å². The maximum absolute atomic E-state index is 15.1. The summed E-state index contributed by atoms with van der Waals surface area (Å²) in [6.07, 6.45) is 8.62. The highest BCUT2D eigenvalue weighted by Gasteiger charge is 2.28. The smallest absolute Gasteiger partial charge is 0.166 e. The van der Waals surface area contributed by atoms with Gasteiger partial charge < -0.3 is 9.84 Å². The molecule has 2 nitrogen and oxygen atoms in total. The first-order chi connectivity index (χ1) is 17.9. The standard InChI is InChI=1S/C32H33F3O2/c1-3-4-19-37-27-16-15-26(30(33)20-27)10-7-22-5-8-24(9-6-22)28-17-18-29(32(35)31(28)34)25-13-11-23(12-14-25)21(2)36/h3,5-10,15-18,20-21,23,25,36H,1,4,11-14,19H2,2H3/b10-7+. The Morgan fingerprint density at radius 3 is 2.32 bits per heavy atom. The van der Waals surface area contributed by atoms with E-state index < -0.39 is 11.6 Å². The number of aliphatic hydroxyl groups is 1. The lowest BCUT2D eigenvalue weighted by atomic mass is 9.76. The van der Waals surface area contributed by atoms with Crippen LogP contribution >= 0.6 is 0 Å². The topological polar surface area (TPSA) is 29.5 Å². The van der Waals surface area contributed by atoms with Crippen molar-refractivity contribution in [2.75, 3.05) is 6.61 Å². The number of halogens is 3. The van der Waals surface area contributed by atoms with E-state index in [-0.39, 0.29) is 29.3 Å². The highest BCUT2D eigenvalue weighted by molar-refractivity contribution is 5.73. The molecule has 1 saturated carbocycles. The lowest BCUT2D eigenvalue weighted by Crippen LogP contribution is -2.23. The Kier molecular flexibility index (Phi) is 8.88. The van der Waals surface area contributed by atoms with E-state index in [1.54, 1.807) is 73.7 Å². The molecule has 1 aliphatic carbocycles. The van der Waals surface area contributed by atoms with Crippen LogP contribution in [-0.2, 0) is 0 Å². The Balaban J connectivity index is 1.44. The Morgan fingerprint density at radius 1 is 0.946 bits per heavy atom. The van der Waals surface area contributed by atoms with Gasteiger partial charge in [0, 0.05) is 17.2 Å². The minimum absolute atomic E-state index is 0.0285. The molecule has 0 aromatic heterocycles. The monoisotopic (exact) mass is 506 g/mol. The van der Waals surface area contributed by atoms with Gasteiger partial charge in [-0.15, -0.1) is 6.58 Å². The normalized spacial score (nSPS) is 18.6. The van der Waals surface area contributed by atoms with Gasteiger partial charge in [0.1, 0.15) is 11.6 Å². The first-order valence-electron chi connectivity index (χ1n) is 12.8. The van der Waals surface area contributed by atoms with Crippen molar-refractivity contribution >= 4 is 12.2 Å². The van der Waals surface area contributed by atoms with Gasteiger partial charge in [0.2, 0.25) is 0 Å². The number of hydrogen-bond donors (Lipinski definition) is 1. The van der Waals surface area contributed by atoms with E-state index in [0.717, 1.165) is 31.2 Å². The van der Waals surface area contributed by atoms with Crippen LogP contribution in [-0.4, -0.2) is 17.8 Å². The summed E-state index contributed by atoms with van der Waals surface area (Å²) in [5.74, 6) is -1.34. The average Bonchev–Trinajstić information content (AvgIpc) is 2.90. The zero-order chi connectivity index (χ0) is 26.4. The third kappa shape index (κ3) is 6.53. The minimum atomic E-state index is -0.837. The predicted molar refractivity (Wildman–Crippen MR) is 144 cm³/mol. The molecule has 37 heavy (non-hydrogen) atoms. The molecule has 3 aromatic carbocycles. The summed E-state index contributed by atoms with van der Waals surface area (Å²) in [7, 11) is 0. The summed E-state index contributed by atoms with van der Waals surface area (Å²) in [5, 5.41) is 9.80. The van der Waals surface area contributed by atoms with Crippen LogP contribution in [0.4, 0.5) is 13.2 Å². The van der Waals surface area contributed by atoms with E-state index in [1.165, 1.54) is 6.07 Å². The molecule has 0 aliphatic heterocycles. The fraction of sp³-hybridized carbons (Fsp3) is 0.312. The van der Waals surface area contributed by atoms with Crippen molar-refractivity contribution < 1.29 is 23.0 Å². The van der Waals surface area contributed by atoms with Gasteiger partial charge in [-0.3, -0.25) is 0 Å². The molecule has 0 spiro atoms.